The van der Waals surface area contributed by atoms with Crippen LogP contribution in [0.3, 0.4) is 0 Å². The van der Waals surface area contributed by atoms with Gasteiger partial charge in [0.05, 0.1) is 19.4 Å². The molecule has 0 aliphatic carbocycles. The fraction of sp³-hybridized carbons (Fsp3) is 0.167. The van der Waals surface area contributed by atoms with Crippen LogP contribution in [0.25, 0.3) is 0 Å². The highest BCUT2D eigenvalue weighted by molar-refractivity contribution is 5.86. The van der Waals surface area contributed by atoms with Gasteiger partial charge in [-0.1, -0.05) is 42.5 Å². The summed E-state index contributed by atoms with van der Waals surface area (Å²) in [6.07, 6.45) is 1.58. The maximum absolute atomic E-state index is 12.0. The van der Waals surface area contributed by atoms with Crippen LogP contribution in [0.4, 0.5) is 5.69 Å². The number of benzene rings is 3. The summed E-state index contributed by atoms with van der Waals surface area (Å²) in [5, 5.41) is 7.09. The molecule has 0 saturated heterocycles. The molecule has 0 aromatic heterocycles. The zero-order valence-electron chi connectivity index (χ0n) is 16.9. The lowest BCUT2D eigenvalue weighted by Crippen LogP contribution is -2.25. The molecule has 0 atom stereocenters. The minimum atomic E-state index is -0.247. The number of amides is 1. The van der Waals surface area contributed by atoms with Crippen molar-refractivity contribution in [1.82, 2.24) is 5.43 Å². The van der Waals surface area contributed by atoms with Crippen molar-refractivity contribution in [3.05, 3.63) is 90.0 Å². The van der Waals surface area contributed by atoms with E-state index in [1.807, 2.05) is 85.8 Å². The molecule has 0 aliphatic heterocycles. The summed E-state index contributed by atoms with van der Waals surface area (Å²) in [5.41, 5.74) is 5.22. The minimum Gasteiger partial charge on any atom is -0.494 e. The molecule has 154 valence electrons. The summed E-state index contributed by atoms with van der Waals surface area (Å²) in [4.78, 5) is 12.0. The van der Waals surface area contributed by atoms with Gasteiger partial charge in [0.25, 0.3) is 5.91 Å². The Labute approximate surface area is 176 Å². The second kappa shape index (κ2) is 11.3. The molecule has 0 heterocycles. The third-order valence-corrected chi connectivity index (χ3v) is 4.17. The number of hydrogen-bond acceptors (Lipinski definition) is 5. The van der Waals surface area contributed by atoms with E-state index < -0.39 is 0 Å². The lowest BCUT2D eigenvalue weighted by molar-refractivity contribution is -0.119. The van der Waals surface area contributed by atoms with Crippen LogP contribution in [0.2, 0.25) is 0 Å². The van der Waals surface area contributed by atoms with Gasteiger partial charge in [0.2, 0.25) is 0 Å². The SMILES string of the molecule is CCOc1ccc(NCC(=O)N/N=C/c2ccccc2OCc2ccccc2)cc1. The van der Waals surface area contributed by atoms with Crippen molar-refractivity contribution in [3.8, 4) is 11.5 Å². The maximum atomic E-state index is 12.0. The van der Waals surface area contributed by atoms with Crippen molar-refractivity contribution in [3.63, 3.8) is 0 Å². The van der Waals surface area contributed by atoms with Crippen molar-refractivity contribution in [2.24, 2.45) is 5.10 Å². The van der Waals surface area contributed by atoms with Crippen LogP contribution in [0.5, 0.6) is 11.5 Å². The number of nitrogens with one attached hydrogen (secondary N) is 2. The maximum Gasteiger partial charge on any atom is 0.259 e. The molecule has 1 amide bonds. The van der Waals surface area contributed by atoms with Crippen LogP contribution in [0.15, 0.2) is 84.0 Å². The average molecular weight is 403 g/mol. The molecule has 0 fully saturated rings. The number of rotatable bonds is 10. The minimum absolute atomic E-state index is 0.109. The summed E-state index contributed by atoms with van der Waals surface area (Å²) < 4.78 is 11.3. The first-order chi connectivity index (χ1) is 14.7. The smallest absolute Gasteiger partial charge is 0.259 e. The van der Waals surface area contributed by atoms with Crippen molar-refractivity contribution >= 4 is 17.8 Å². The lowest BCUT2D eigenvalue weighted by atomic mass is 10.2. The molecule has 3 aromatic rings. The van der Waals surface area contributed by atoms with E-state index in [4.69, 9.17) is 9.47 Å². The second-order valence-electron chi connectivity index (χ2n) is 6.42. The predicted molar refractivity (Wildman–Crippen MR) is 119 cm³/mol. The number of ether oxygens (including phenoxy) is 2. The van der Waals surface area contributed by atoms with Crippen LogP contribution in [-0.4, -0.2) is 25.3 Å². The Morgan fingerprint density at radius 2 is 1.67 bits per heavy atom. The summed E-state index contributed by atoms with van der Waals surface area (Å²) in [5.74, 6) is 1.25. The second-order valence-corrected chi connectivity index (χ2v) is 6.42. The van der Waals surface area contributed by atoms with E-state index >= 15 is 0 Å². The Balaban J connectivity index is 1.48. The molecule has 2 N–H and O–H groups in total. The molecular formula is C24H25N3O3. The van der Waals surface area contributed by atoms with E-state index in [-0.39, 0.29) is 12.5 Å². The Morgan fingerprint density at radius 1 is 0.933 bits per heavy atom. The van der Waals surface area contributed by atoms with Gasteiger partial charge in [0.1, 0.15) is 18.1 Å². The first kappa shape index (κ1) is 20.9. The monoisotopic (exact) mass is 403 g/mol. The number of nitrogens with zero attached hydrogens (tertiary/aromatic N) is 1. The summed E-state index contributed by atoms with van der Waals surface area (Å²) in [6, 6.07) is 24.9. The normalized spacial score (nSPS) is 10.6. The van der Waals surface area contributed by atoms with Gasteiger partial charge in [-0.15, -0.1) is 0 Å². The van der Waals surface area contributed by atoms with Crippen LogP contribution < -0.4 is 20.2 Å². The van der Waals surface area contributed by atoms with Crippen molar-refractivity contribution in [2.45, 2.75) is 13.5 Å². The van der Waals surface area contributed by atoms with Crippen LogP contribution >= 0.6 is 0 Å². The van der Waals surface area contributed by atoms with Gasteiger partial charge in [-0.2, -0.15) is 5.10 Å². The number of carbonyl (C=O) groups is 1. The van der Waals surface area contributed by atoms with Crippen molar-refractivity contribution < 1.29 is 14.3 Å². The van der Waals surface area contributed by atoms with E-state index in [9.17, 15) is 4.79 Å². The van der Waals surface area contributed by atoms with Crippen LogP contribution in [0.1, 0.15) is 18.1 Å². The fourth-order valence-electron chi connectivity index (χ4n) is 2.69. The van der Waals surface area contributed by atoms with Crippen LogP contribution in [0, 0.1) is 0 Å². The lowest BCUT2D eigenvalue weighted by Gasteiger charge is -2.09. The van der Waals surface area contributed by atoms with Gasteiger partial charge in [-0.05, 0) is 48.9 Å². The number of anilines is 1. The highest BCUT2D eigenvalue weighted by Gasteiger charge is 2.03. The van der Waals surface area contributed by atoms with Crippen LogP contribution in [-0.2, 0) is 11.4 Å². The number of para-hydroxylation sites is 1. The number of hydrogen-bond donors (Lipinski definition) is 2. The number of carbonyl (C=O) groups excluding carboxylic acids is 1. The van der Waals surface area contributed by atoms with Crippen molar-refractivity contribution in [1.29, 1.82) is 0 Å². The Hall–Kier alpha value is -3.80. The number of hydrazone groups is 1. The highest BCUT2D eigenvalue weighted by atomic mass is 16.5. The average Bonchev–Trinajstić information content (AvgIpc) is 2.79. The molecular weight excluding hydrogens is 378 g/mol. The molecule has 0 saturated carbocycles. The first-order valence-electron chi connectivity index (χ1n) is 9.79. The van der Waals surface area contributed by atoms with E-state index in [1.165, 1.54) is 0 Å². The summed E-state index contributed by atoms with van der Waals surface area (Å²) >= 11 is 0. The van der Waals surface area contributed by atoms with E-state index in [0.29, 0.717) is 19.0 Å². The Kier molecular flexibility index (Phi) is 7.85. The molecule has 0 bridgehead atoms. The van der Waals surface area contributed by atoms with Gasteiger partial charge in [-0.25, -0.2) is 5.43 Å². The molecule has 6 nitrogen and oxygen atoms in total. The zero-order valence-corrected chi connectivity index (χ0v) is 16.9. The Bertz CT molecular complexity index is 957. The quantitative estimate of drug-likeness (QED) is 0.393. The Morgan fingerprint density at radius 3 is 2.43 bits per heavy atom. The topological polar surface area (TPSA) is 72.0 Å². The molecule has 6 heteroatoms. The molecule has 30 heavy (non-hydrogen) atoms. The molecule has 0 aliphatic rings. The van der Waals surface area contributed by atoms with Gasteiger partial charge < -0.3 is 14.8 Å². The largest absolute Gasteiger partial charge is 0.494 e. The first-order valence-corrected chi connectivity index (χ1v) is 9.79. The standard InChI is InChI=1S/C24H25N3O3/c1-2-29-22-14-12-21(13-15-22)25-17-24(28)27-26-16-20-10-6-7-11-23(20)30-18-19-8-4-3-5-9-19/h3-16,25H,2,17-18H2,1H3,(H,27,28)/b26-16+. The van der Waals surface area contributed by atoms with E-state index in [0.717, 1.165) is 22.6 Å². The van der Waals surface area contributed by atoms with E-state index in [1.54, 1.807) is 6.21 Å². The third-order valence-electron chi connectivity index (χ3n) is 4.17. The zero-order chi connectivity index (χ0) is 21.0. The molecule has 0 spiro atoms. The fourth-order valence-corrected chi connectivity index (χ4v) is 2.69. The van der Waals surface area contributed by atoms with Crippen molar-refractivity contribution in [2.75, 3.05) is 18.5 Å². The molecule has 0 unspecified atom stereocenters. The summed E-state index contributed by atoms with van der Waals surface area (Å²) in [7, 11) is 0. The van der Waals surface area contributed by atoms with Gasteiger partial charge in [0.15, 0.2) is 0 Å². The predicted octanol–water partition coefficient (Wildman–Crippen LogP) is 4.23. The molecule has 0 radical (unpaired) electrons. The third kappa shape index (κ3) is 6.67. The molecule has 3 aromatic carbocycles. The van der Waals surface area contributed by atoms with E-state index in [2.05, 4.69) is 15.8 Å². The highest BCUT2D eigenvalue weighted by Crippen LogP contribution is 2.18. The molecule has 3 rings (SSSR count). The van der Waals surface area contributed by atoms with Gasteiger partial charge >= 0.3 is 0 Å². The summed E-state index contributed by atoms with van der Waals surface area (Å²) in [6.45, 7) is 3.12. The van der Waals surface area contributed by atoms with Gasteiger partial charge in [0, 0.05) is 11.3 Å². The van der Waals surface area contributed by atoms with Gasteiger partial charge in [-0.3, -0.25) is 4.79 Å².